The number of methoxy groups -OCH3 is 1. The Balaban J connectivity index is 1.73. The van der Waals surface area contributed by atoms with E-state index in [1.165, 1.54) is 4.68 Å². The standard InChI is InChI=1S/C28H33N7O3/c1-18(17-34(2)3)38-23-15-12-20(16-24(23)37-4)25(31-21-13-10-19(11-14-21)26(29)30)27-32-28(36)35(33-27)22-8-6-5-7-9-22/h5-16,18,25,31H,17H2,1-4H3,(H3,29,30)(H,32,33,36). The van der Waals surface area contributed by atoms with E-state index in [0.29, 0.717) is 28.6 Å². The summed E-state index contributed by atoms with van der Waals surface area (Å²) in [5, 5.41) is 15.7. The van der Waals surface area contributed by atoms with Gasteiger partial charge in [0.2, 0.25) is 0 Å². The van der Waals surface area contributed by atoms with E-state index < -0.39 is 6.04 Å². The highest BCUT2D eigenvalue weighted by molar-refractivity contribution is 5.95. The number of H-pyrrole nitrogens is 1. The van der Waals surface area contributed by atoms with Crippen LogP contribution in [-0.2, 0) is 0 Å². The van der Waals surface area contributed by atoms with Crippen molar-refractivity contribution in [2.75, 3.05) is 33.1 Å². The molecular weight excluding hydrogens is 482 g/mol. The molecule has 1 aromatic heterocycles. The second-order valence-electron chi connectivity index (χ2n) is 9.23. The Hall–Kier alpha value is -4.57. The molecule has 0 fully saturated rings. The van der Waals surface area contributed by atoms with Crippen LogP contribution in [0.3, 0.4) is 0 Å². The summed E-state index contributed by atoms with van der Waals surface area (Å²) in [4.78, 5) is 17.8. The average molecular weight is 516 g/mol. The number of nitrogens with one attached hydrogen (secondary N) is 3. The quantitative estimate of drug-likeness (QED) is 0.178. The van der Waals surface area contributed by atoms with Crippen LogP contribution < -0.4 is 26.2 Å². The molecule has 10 nitrogen and oxygen atoms in total. The average Bonchev–Trinajstić information content (AvgIpc) is 3.29. The first-order valence-corrected chi connectivity index (χ1v) is 12.2. The molecule has 38 heavy (non-hydrogen) atoms. The van der Waals surface area contributed by atoms with Gasteiger partial charge >= 0.3 is 5.69 Å². The molecule has 0 amide bonds. The van der Waals surface area contributed by atoms with Crippen molar-refractivity contribution < 1.29 is 9.47 Å². The normalized spacial score (nSPS) is 12.7. The van der Waals surface area contributed by atoms with E-state index in [0.717, 1.165) is 17.8 Å². The third-order valence-electron chi connectivity index (χ3n) is 5.89. The van der Waals surface area contributed by atoms with Crippen molar-refractivity contribution in [3.8, 4) is 17.2 Å². The number of ether oxygens (including phenoxy) is 2. The predicted octanol–water partition coefficient (Wildman–Crippen LogP) is 3.38. The minimum Gasteiger partial charge on any atom is -0.493 e. The van der Waals surface area contributed by atoms with E-state index >= 15 is 0 Å². The van der Waals surface area contributed by atoms with E-state index in [1.807, 2.05) is 81.7 Å². The molecule has 2 atom stereocenters. The minimum absolute atomic E-state index is 0.0112. The lowest BCUT2D eigenvalue weighted by Gasteiger charge is -2.22. The molecule has 0 saturated heterocycles. The fourth-order valence-corrected chi connectivity index (χ4v) is 4.17. The zero-order valence-electron chi connectivity index (χ0n) is 21.9. The molecule has 10 heteroatoms. The van der Waals surface area contributed by atoms with Gasteiger partial charge in [-0.1, -0.05) is 24.3 Å². The van der Waals surface area contributed by atoms with Crippen molar-refractivity contribution >= 4 is 11.5 Å². The fourth-order valence-electron chi connectivity index (χ4n) is 4.17. The molecule has 2 unspecified atom stereocenters. The molecule has 0 spiro atoms. The Morgan fingerprint density at radius 2 is 1.82 bits per heavy atom. The lowest BCUT2D eigenvalue weighted by molar-refractivity contribution is 0.171. The highest BCUT2D eigenvalue weighted by Crippen LogP contribution is 2.34. The zero-order valence-corrected chi connectivity index (χ0v) is 21.9. The number of aromatic amines is 1. The monoisotopic (exact) mass is 515 g/mol. The van der Waals surface area contributed by atoms with Gasteiger partial charge in [0.25, 0.3) is 0 Å². The van der Waals surface area contributed by atoms with Crippen LogP contribution in [0.5, 0.6) is 11.5 Å². The molecule has 0 aliphatic carbocycles. The van der Waals surface area contributed by atoms with E-state index in [2.05, 4.69) is 20.3 Å². The Labute approximate surface area is 221 Å². The van der Waals surface area contributed by atoms with Crippen LogP contribution in [0.2, 0.25) is 0 Å². The summed E-state index contributed by atoms with van der Waals surface area (Å²) in [6, 6.07) is 21.5. The maximum absolute atomic E-state index is 12.9. The van der Waals surface area contributed by atoms with Gasteiger partial charge in [-0.05, 0) is 75.1 Å². The third-order valence-corrected chi connectivity index (χ3v) is 5.89. The van der Waals surface area contributed by atoms with Gasteiger partial charge < -0.3 is 25.4 Å². The highest BCUT2D eigenvalue weighted by atomic mass is 16.5. The molecular formula is C28H33N7O3. The number of para-hydroxylation sites is 1. The van der Waals surface area contributed by atoms with Gasteiger partial charge in [0.05, 0.1) is 12.8 Å². The molecule has 5 N–H and O–H groups in total. The molecule has 0 saturated carbocycles. The van der Waals surface area contributed by atoms with Gasteiger partial charge in [-0.2, -0.15) is 4.68 Å². The second-order valence-corrected chi connectivity index (χ2v) is 9.23. The van der Waals surface area contributed by atoms with Gasteiger partial charge in [0.15, 0.2) is 17.3 Å². The van der Waals surface area contributed by atoms with Gasteiger partial charge in [-0.25, -0.2) is 4.79 Å². The van der Waals surface area contributed by atoms with Crippen molar-refractivity contribution in [2.45, 2.75) is 19.1 Å². The first-order chi connectivity index (χ1) is 18.2. The third kappa shape index (κ3) is 6.22. The highest BCUT2D eigenvalue weighted by Gasteiger charge is 2.22. The van der Waals surface area contributed by atoms with Crippen LogP contribution in [0, 0.1) is 5.41 Å². The molecule has 198 valence electrons. The van der Waals surface area contributed by atoms with E-state index in [-0.39, 0.29) is 17.6 Å². The molecule has 1 heterocycles. The summed E-state index contributed by atoms with van der Waals surface area (Å²) in [5.74, 6) is 1.60. The Morgan fingerprint density at radius 3 is 2.45 bits per heavy atom. The van der Waals surface area contributed by atoms with Crippen LogP contribution in [-0.4, -0.2) is 59.4 Å². The number of hydrogen-bond donors (Lipinski definition) is 4. The first kappa shape index (κ1) is 26.5. The molecule has 0 radical (unpaired) electrons. The smallest absolute Gasteiger partial charge is 0.348 e. The number of hydrogen-bond acceptors (Lipinski definition) is 7. The molecule has 3 aromatic carbocycles. The number of anilines is 1. The number of likely N-dealkylation sites (N-methyl/N-ethyl adjacent to an activating group) is 1. The lowest BCUT2D eigenvalue weighted by Crippen LogP contribution is -2.28. The number of nitrogen functional groups attached to an aromatic ring is 1. The number of amidine groups is 1. The van der Waals surface area contributed by atoms with Gasteiger partial charge in [-0.15, -0.1) is 5.10 Å². The number of rotatable bonds is 11. The van der Waals surface area contributed by atoms with Crippen LogP contribution >= 0.6 is 0 Å². The molecule has 4 aromatic rings. The summed E-state index contributed by atoms with van der Waals surface area (Å²) in [7, 11) is 5.58. The summed E-state index contributed by atoms with van der Waals surface area (Å²) >= 11 is 0. The van der Waals surface area contributed by atoms with Gasteiger partial charge in [0.1, 0.15) is 18.0 Å². The summed E-state index contributed by atoms with van der Waals surface area (Å²) in [6.07, 6.45) is -0.0450. The predicted molar refractivity (Wildman–Crippen MR) is 149 cm³/mol. The Morgan fingerprint density at radius 1 is 1.11 bits per heavy atom. The Kier molecular flexibility index (Phi) is 8.12. The molecule has 0 aliphatic rings. The van der Waals surface area contributed by atoms with E-state index in [1.54, 1.807) is 19.2 Å². The van der Waals surface area contributed by atoms with Crippen molar-refractivity contribution in [3.63, 3.8) is 0 Å². The maximum Gasteiger partial charge on any atom is 0.348 e. The number of aromatic nitrogens is 3. The van der Waals surface area contributed by atoms with Crippen molar-refractivity contribution in [3.05, 3.63) is 100 Å². The molecule has 0 aliphatic heterocycles. The molecule has 0 bridgehead atoms. The minimum atomic E-state index is -0.530. The van der Waals surface area contributed by atoms with Gasteiger partial charge in [0, 0.05) is 17.8 Å². The number of nitrogens with zero attached hydrogens (tertiary/aromatic N) is 3. The van der Waals surface area contributed by atoms with Crippen LogP contribution in [0.15, 0.2) is 77.6 Å². The van der Waals surface area contributed by atoms with Crippen molar-refractivity contribution in [2.24, 2.45) is 5.73 Å². The summed E-state index contributed by atoms with van der Waals surface area (Å²) < 4.78 is 13.1. The SMILES string of the molecule is COc1cc(C(Nc2ccc(C(=N)N)cc2)c2nn(-c3ccccc3)c(=O)[nH]2)ccc1OC(C)CN(C)C. The molecule has 4 rings (SSSR count). The van der Waals surface area contributed by atoms with Crippen LogP contribution in [0.1, 0.15) is 29.9 Å². The van der Waals surface area contributed by atoms with Crippen molar-refractivity contribution in [1.82, 2.24) is 19.7 Å². The van der Waals surface area contributed by atoms with E-state index in [9.17, 15) is 4.79 Å². The number of nitrogens with two attached hydrogens (primary N) is 1. The Bertz CT molecular complexity index is 1430. The van der Waals surface area contributed by atoms with Crippen LogP contribution in [0.4, 0.5) is 5.69 Å². The summed E-state index contributed by atoms with van der Waals surface area (Å²) in [6.45, 7) is 2.76. The maximum atomic E-state index is 12.9. The summed E-state index contributed by atoms with van der Waals surface area (Å²) in [5.41, 5.74) is 8.09. The van der Waals surface area contributed by atoms with E-state index in [4.69, 9.17) is 20.6 Å². The first-order valence-electron chi connectivity index (χ1n) is 12.2. The van der Waals surface area contributed by atoms with Gasteiger partial charge in [-0.3, -0.25) is 10.4 Å². The number of benzene rings is 3. The lowest BCUT2D eigenvalue weighted by atomic mass is 10.0. The van der Waals surface area contributed by atoms with Crippen LogP contribution in [0.25, 0.3) is 5.69 Å². The fraction of sp³-hybridized carbons (Fsp3) is 0.250. The van der Waals surface area contributed by atoms with Crippen molar-refractivity contribution in [1.29, 1.82) is 5.41 Å². The second kappa shape index (κ2) is 11.7. The zero-order chi connectivity index (χ0) is 27.2. The topological polar surface area (TPSA) is 134 Å². The largest absolute Gasteiger partial charge is 0.493 e.